The number of amides is 1. The van der Waals surface area contributed by atoms with Crippen molar-refractivity contribution in [3.63, 3.8) is 0 Å². The van der Waals surface area contributed by atoms with Gasteiger partial charge in [0.05, 0.1) is 11.8 Å². The summed E-state index contributed by atoms with van der Waals surface area (Å²) in [4.78, 5) is 15.0. The number of carbonyl (C=O) groups excluding carboxylic acids is 1. The second-order valence-electron chi connectivity index (χ2n) is 2.34. The maximum atomic E-state index is 11.3. The second kappa shape index (κ2) is 5.00. The van der Waals surface area contributed by atoms with E-state index in [2.05, 4.69) is 32.9 Å². The van der Waals surface area contributed by atoms with Gasteiger partial charge in [0, 0.05) is 17.2 Å². The number of rotatable bonds is 3. The third kappa shape index (κ3) is 2.83. The zero-order valence-electron chi connectivity index (χ0n) is 6.83. The summed E-state index contributed by atoms with van der Waals surface area (Å²) < 4.78 is 0.843. The van der Waals surface area contributed by atoms with E-state index in [-0.39, 0.29) is 17.2 Å². The van der Waals surface area contributed by atoms with Crippen LogP contribution in [0.3, 0.4) is 0 Å². The average Bonchev–Trinajstić information content (AvgIpc) is 2.15. The predicted molar refractivity (Wildman–Crippen MR) is 57.1 cm³/mol. The first-order valence-corrected chi connectivity index (χ1v) is 5.25. The summed E-state index contributed by atoms with van der Waals surface area (Å²) in [5.41, 5.74) is 0.264. The molecule has 0 aliphatic rings. The Labute approximate surface area is 89.5 Å². The van der Waals surface area contributed by atoms with E-state index in [0.717, 1.165) is 4.43 Å². The van der Waals surface area contributed by atoms with E-state index in [1.165, 1.54) is 18.5 Å². The fraction of sp³-hybridized carbons (Fsp3) is 0.250. The SMILES string of the molecule is O=C(NCCI)c1ccncc1O. The van der Waals surface area contributed by atoms with E-state index in [0.29, 0.717) is 6.54 Å². The van der Waals surface area contributed by atoms with E-state index >= 15 is 0 Å². The van der Waals surface area contributed by atoms with Gasteiger partial charge in [-0.25, -0.2) is 0 Å². The minimum absolute atomic E-state index is 0.0894. The number of nitrogens with one attached hydrogen (secondary N) is 1. The van der Waals surface area contributed by atoms with Crippen molar-refractivity contribution in [1.29, 1.82) is 0 Å². The molecular formula is C8H9IN2O2. The standard InChI is InChI=1S/C8H9IN2O2/c9-2-4-11-8(13)6-1-3-10-5-7(6)12/h1,3,5,12H,2,4H2,(H,11,13). The molecule has 70 valence electrons. The lowest BCUT2D eigenvalue weighted by Gasteiger charge is -2.03. The van der Waals surface area contributed by atoms with Gasteiger partial charge in [0.25, 0.3) is 5.91 Å². The highest BCUT2D eigenvalue weighted by atomic mass is 127. The van der Waals surface area contributed by atoms with Crippen LogP contribution in [0.2, 0.25) is 0 Å². The Morgan fingerprint density at radius 2 is 2.46 bits per heavy atom. The summed E-state index contributed by atoms with van der Waals surface area (Å²) in [6.45, 7) is 0.598. The van der Waals surface area contributed by atoms with Gasteiger partial charge in [-0.1, -0.05) is 22.6 Å². The number of alkyl halides is 1. The molecule has 5 heteroatoms. The lowest BCUT2D eigenvalue weighted by molar-refractivity contribution is 0.0953. The first-order chi connectivity index (χ1) is 6.25. The predicted octanol–water partition coefficient (Wildman–Crippen LogP) is 0.952. The molecule has 1 amide bonds. The zero-order chi connectivity index (χ0) is 9.68. The van der Waals surface area contributed by atoms with Gasteiger partial charge in [-0.15, -0.1) is 0 Å². The molecule has 0 atom stereocenters. The van der Waals surface area contributed by atoms with Crippen LogP contribution in [0.15, 0.2) is 18.5 Å². The molecule has 0 saturated carbocycles. The van der Waals surface area contributed by atoms with Crippen molar-refractivity contribution in [2.75, 3.05) is 11.0 Å². The number of halogens is 1. The molecule has 0 saturated heterocycles. The Bertz CT molecular complexity index is 304. The highest BCUT2D eigenvalue weighted by Crippen LogP contribution is 2.12. The number of hydrogen-bond donors (Lipinski definition) is 2. The lowest BCUT2D eigenvalue weighted by Crippen LogP contribution is -2.25. The van der Waals surface area contributed by atoms with Gasteiger partial charge in [-0.2, -0.15) is 0 Å². The van der Waals surface area contributed by atoms with Crippen LogP contribution in [-0.4, -0.2) is 27.0 Å². The number of aromatic nitrogens is 1. The molecule has 1 aromatic rings. The monoisotopic (exact) mass is 292 g/mol. The molecule has 13 heavy (non-hydrogen) atoms. The Morgan fingerprint density at radius 1 is 1.69 bits per heavy atom. The van der Waals surface area contributed by atoms with Gasteiger partial charge in [0.15, 0.2) is 0 Å². The molecule has 0 spiro atoms. The minimum Gasteiger partial charge on any atom is -0.505 e. The van der Waals surface area contributed by atoms with Gasteiger partial charge in [-0.05, 0) is 6.07 Å². The van der Waals surface area contributed by atoms with Crippen molar-refractivity contribution >= 4 is 28.5 Å². The summed E-state index contributed by atoms with van der Waals surface area (Å²) in [5.74, 6) is -0.356. The highest BCUT2D eigenvalue weighted by Gasteiger charge is 2.08. The maximum absolute atomic E-state index is 11.3. The Kier molecular flexibility index (Phi) is 3.94. The van der Waals surface area contributed by atoms with Crippen molar-refractivity contribution in [3.8, 4) is 5.75 Å². The number of aromatic hydroxyl groups is 1. The molecule has 0 radical (unpaired) electrons. The van der Waals surface area contributed by atoms with E-state index in [1.54, 1.807) is 0 Å². The van der Waals surface area contributed by atoms with Crippen molar-refractivity contribution in [2.45, 2.75) is 0 Å². The fourth-order valence-corrected chi connectivity index (χ4v) is 1.10. The van der Waals surface area contributed by atoms with Crippen LogP contribution in [0, 0.1) is 0 Å². The quantitative estimate of drug-likeness (QED) is 0.644. The third-order valence-electron chi connectivity index (χ3n) is 1.42. The Balaban J connectivity index is 2.71. The smallest absolute Gasteiger partial charge is 0.255 e. The molecule has 1 heterocycles. The van der Waals surface area contributed by atoms with Gasteiger partial charge in [-0.3, -0.25) is 9.78 Å². The zero-order valence-corrected chi connectivity index (χ0v) is 8.98. The van der Waals surface area contributed by atoms with Crippen LogP contribution in [0.4, 0.5) is 0 Å². The fourth-order valence-electron chi connectivity index (χ4n) is 0.834. The van der Waals surface area contributed by atoms with Crippen LogP contribution in [0.1, 0.15) is 10.4 Å². The third-order valence-corrected chi connectivity index (χ3v) is 1.96. The molecule has 0 aromatic carbocycles. The van der Waals surface area contributed by atoms with Gasteiger partial charge in [0.1, 0.15) is 5.75 Å². The van der Waals surface area contributed by atoms with Crippen molar-refractivity contribution in [3.05, 3.63) is 24.0 Å². The molecule has 1 rings (SSSR count). The highest BCUT2D eigenvalue weighted by molar-refractivity contribution is 14.1. The molecule has 1 aromatic heterocycles. The number of carbonyl (C=O) groups is 1. The van der Waals surface area contributed by atoms with Crippen LogP contribution < -0.4 is 5.32 Å². The average molecular weight is 292 g/mol. The molecule has 0 aliphatic carbocycles. The van der Waals surface area contributed by atoms with Crippen LogP contribution >= 0.6 is 22.6 Å². The van der Waals surface area contributed by atoms with E-state index in [1.807, 2.05) is 0 Å². The molecule has 0 aliphatic heterocycles. The number of hydrogen-bond acceptors (Lipinski definition) is 3. The van der Waals surface area contributed by atoms with Gasteiger partial charge in [0.2, 0.25) is 0 Å². The topological polar surface area (TPSA) is 62.2 Å². The Hall–Kier alpha value is -0.850. The summed E-state index contributed by atoms with van der Waals surface area (Å²) >= 11 is 2.16. The van der Waals surface area contributed by atoms with Crippen LogP contribution in [0.25, 0.3) is 0 Å². The largest absolute Gasteiger partial charge is 0.505 e. The summed E-state index contributed by atoms with van der Waals surface area (Å²) in [7, 11) is 0. The molecule has 2 N–H and O–H groups in total. The van der Waals surface area contributed by atoms with Gasteiger partial charge < -0.3 is 10.4 Å². The molecule has 0 bridgehead atoms. The van der Waals surface area contributed by atoms with Crippen molar-refractivity contribution in [2.24, 2.45) is 0 Å². The molecular weight excluding hydrogens is 283 g/mol. The van der Waals surface area contributed by atoms with E-state index in [9.17, 15) is 9.90 Å². The number of pyridine rings is 1. The minimum atomic E-state index is -0.267. The second-order valence-corrected chi connectivity index (χ2v) is 3.42. The summed E-state index contributed by atoms with van der Waals surface area (Å²) in [6, 6.07) is 1.48. The van der Waals surface area contributed by atoms with Crippen molar-refractivity contribution in [1.82, 2.24) is 10.3 Å². The molecule has 4 nitrogen and oxygen atoms in total. The van der Waals surface area contributed by atoms with Gasteiger partial charge >= 0.3 is 0 Å². The van der Waals surface area contributed by atoms with E-state index < -0.39 is 0 Å². The molecule has 0 unspecified atom stereocenters. The summed E-state index contributed by atoms with van der Waals surface area (Å²) in [6.07, 6.45) is 2.72. The molecule has 0 fully saturated rings. The summed E-state index contributed by atoms with van der Waals surface area (Å²) in [5, 5.41) is 11.9. The van der Waals surface area contributed by atoms with Crippen molar-refractivity contribution < 1.29 is 9.90 Å². The maximum Gasteiger partial charge on any atom is 0.255 e. The first-order valence-electron chi connectivity index (χ1n) is 3.73. The van der Waals surface area contributed by atoms with Crippen LogP contribution in [0.5, 0.6) is 5.75 Å². The van der Waals surface area contributed by atoms with Crippen LogP contribution in [-0.2, 0) is 0 Å². The first kappa shape index (κ1) is 10.2. The number of nitrogens with zero attached hydrogens (tertiary/aromatic N) is 1. The lowest BCUT2D eigenvalue weighted by atomic mass is 10.2. The Morgan fingerprint density at radius 3 is 3.08 bits per heavy atom. The van der Waals surface area contributed by atoms with E-state index in [4.69, 9.17) is 0 Å². The normalized spacial score (nSPS) is 9.62.